The summed E-state index contributed by atoms with van der Waals surface area (Å²) in [6, 6.07) is 3.01. The summed E-state index contributed by atoms with van der Waals surface area (Å²) in [6.45, 7) is 4.32. The van der Waals surface area contributed by atoms with Crippen molar-refractivity contribution in [2.45, 2.75) is 31.9 Å². The van der Waals surface area contributed by atoms with Gasteiger partial charge in [0, 0.05) is 18.9 Å². The van der Waals surface area contributed by atoms with Crippen LogP contribution in [0.2, 0.25) is 0 Å². The molecule has 0 amide bonds. The number of aryl methyl sites for hydroxylation is 1. The van der Waals surface area contributed by atoms with Gasteiger partial charge in [-0.1, -0.05) is 0 Å². The van der Waals surface area contributed by atoms with Gasteiger partial charge in [-0.05, 0) is 49.9 Å². The smallest absolute Gasteiger partial charge is 0.336 e. The number of carboxylic acid groups (broad SMARTS) is 1. The van der Waals surface area contributed by atoms with E-state index in [4.69, 9.17) is 9.84 Å². The Morgan fingerprint density at radius 3 is 2.48 bits per heavy atom. The summed E-state index contributed by atoms with van der Waals surface area (Å²) in [7, 11) is -3.53. The zero-order valence-electron chi connectivity index (χ0n) is 12.0. The number of benzene rings is 1. The number of rotatable bonds is 4. The summed E-state index contributed by atoms with van der Waals surface area (Å²) in [5.41, 5.74) is 1.78. The van der Waals surface area contributed by atoms with E-state index in [1.807, 2.05) is 0 Å². The fourth-order valence-electron chi connectivity index (χ4n) is 2.37. The van der Waals surface area contributed by atoms with E-state index in [-0.39, 0.29) is 5.56 Å². The minimum atomic E-state index is -3.53. The van der Waals surface area contributed by atoms with Gasteiger partial charge < -0.3 is 9.84 Å². The molecule has 1 aromatic rings. The zero-order chi connectivity index (χ0) is 15.6. The number of aromatic carboxylic acids is 1. The van der Waals surface area contributed by atoms with Crippen LogP contribution in [-0.2, 0) is 14.8 Å². The average Bonchev–Trinajstić information content (AvgIpc) is 2.43. The van der Waals surface area contributed by atoms with Gasteiger partial charge in [-0.15, -0.1) is 0 Å². The van der Waals surface area contributed by atoms with Crippen molar-refractivity contribution >= 4 is 21.7 Å². The van der Waals surface area contributed by atoms with E-state index in [0.29, 0.717) is 37.3 Å². The lowest BCUT2D eigenvalue weighted by atomic mass is 10.0. The minimum Gasteiger partial charge on any atom is -0.478 e. The summed E-state index contributed by atoms with van der Waals surface area (Å²) in [6.07, 6.45) is 0.901. The number of anilines is 1. The highest BCUT2D eigenvalue weighted by Crippen LogP contribution is 2.24. The van der Waals surface area contributed by atoms with Gasteiger partial charge in [0.2, 0.25) is 10.0 Å². The molecule has 2 N–H and O–H groups in total. The van der Waals surface area contributed by atoms with Gasteiger partial charge in [-0.25, -0.2) is 13.2 Å². The molecule has 116 valence electrons. The summed E-state index contributed by atoms with van der Waals surface area (Å²) >= 11 is 0. The molecule has 2 rings (SSSR count). The Kier molecular flexibility index (Phi) is 4.53. The maximum atomic E-state index is 12.3. The molecule has 0 atom stereocenters. The van der Waals surface area contributed by atoms with Crippen LogP contribution >= 0.6 is 0 Å². The number of carboxylic acids is 1. The van der Waals surface area contributed by atoms with E-state index in [1.54, 1.807) is 19.9 Å². The van der Waals surface area contributed by atoms with Crippen molar-refractivity contribution in [2.24, 2.45) is 0 Å². The van der Waals surface area contributed by atoms with Crippen LogP contribution < -0.4 is 4.72 Å². The van der Waals surface area contributed by atoms with Gasteiger partial charge in [0.25, 0.3) is 0 Å². The van der Waals surface area contributed by atoms with Crippen LogP contribution in [-0.4, -0.2) is 38.0 Å². The third-order valence-corrected chi connectivity index (χ3v) is 5.63. The Labute approximate surface area is 124 Å². The molecule has 0 bridgehead atoms. The van der Waals surface area contributed by atoms with Gasteiger partial charge in [-0.3, -0.25) is 4.72 Å². The quantitative estimate of drug-likeness (QED) is 0.886. The maximum Gasteiger partial charge on any atom is 0.336 e. The lowest BCUT2D eigenvalue weighted by Gasteiger charge is -2.23. The Balaban J connectivity index is 2.28. The first kappa shape index (κ1) is 15.8. The molecule has 1 fully saturated rings. The van der Waals surface area contributed by atoms with Crippen LogP contribution in [0.4, 0.5) is 5.69 Å². The second-order valence-electron chi connectivity index (χ2n) is 5.23. The second kappa shape index (κ2) is 6.03. The van der Waals surface area contributed by atoms with Crippen molar-refractivity contribution in [3.63, 3.8) is 0 Å². The van der Waals surface area contributed by atoms with E-state index in [9.17, 15) is 13.2 Å². The highest BCUT2D eigenvalue weighted by molar-refractivity contribution is 7.93. The van der Waals surface area contributed by atoms with Crippen molar-refractivity contribution in [1.82, 2.24) is 0 Å². The summed E-state index contributed by atoms with van der Waals surface area (Å²) in [5, 5.41) is 8.67. The lowest BCUT2D eigenvalue weighted by molar-refractivity contribution is 0.0696. The van der Waals surface area contributed by atoms with Crippen LogP contribution in [0.1, 0.15) is 34.3 Å². The standard InChI is InChI=1S/C14H19NO5S/c1-9-7-11(8-13(10(9)2)14(16)17)15-21(18,19)12-3-5-20-6-4-12/h7-8,12,15H,3-6H2,1-2H3,(H,16,17). The van der Waals surface area contributed by atoms with E-state index in [0.717, 1.165) is 5.56 Å². The van der Waals surface area contributed by atoms with Crippen LogP contribution in [0.5, 0.6) is 0 Å². The van der Waals surface area contributed by atoms with Gasteiger partial charge in [-0.2, -0.15) is 0 Å². The number of sulfonamides is 1. The second-order valence-corrected chi connectivity index (χ2v) is 7.19. The number of nitrogens with one attached hydrogen (secondary N) is 1. The molecular formula is C14H19NO5S. The van der Waals surface area contributed by atoms with Crippen LogP contribution in [0, 0.1) is 13.8 Å². The van der Waals surface area contributed by atoms with E-state index < -0.39 is 21.2 Å². The molecule has 0 aromatic heterocycles. The molecule has 1 aromatic carbocycles. The molecule has 0 radical (unpaired) electrons. The molecular weight excluding hydrogens is 294 g/mol. The van der Waals surface area contributed by atoms with E-state index >= 15 is 0 Å². The van der Waals surface area contributed by atoms with E-state index in [2.05, 4.69) is 4.72 Å². The maximum absolute atomic E-state index is 12.3. The van der Waals surface area contributed by atoms with Crippen molar-refractivity contribution in [3.05, 3.63) is 28.8 Å². The topological polar surface area (TPSA) is 92.7 Å². The molecule has 0 spiro atoms. The first-order chi connectivity index (χ1) is 9.81. The van der Waals surface area contributed by atoms with Crippen molar-refractivity contribution < 1.29 is 23.1 Å². The van der Waals surface area contributed by atoms with E-state index in [1.165, 1.54) is 6.07 Å². The Bertz CT molecular complexity index is 648. The molecule has 0 saturated carbocycles. The number of ether oxygens (including phenoxy) is 1. The molecule has 0 aliphatic carbocycles. The monoisotopic (exact) mass is 313 g/mol. The van der Waals surface area contributed by atoms with Gasteiger partial charge >= 0.3 is 5.97 Å². The van der Waals surface area contributed by atoms with Crippen LogP contribution in [0.3, 0.4) is 0 Å². The molecule has 1 heterocycles. The summed E-state index contributed by atoms with van der Waals surface area (Å²) in [5.74, 6) is -1.07. The van der Waals surface area contributed by atoms with Crippen molar-refractivity contribution in [2.75, 3.05) is 17.9 Å². The van der Waals surface area contributed by atoms with Crippen LogP contribution in [0.15, 0.2) is 12.1 Å². The minimum absolute atomic E-state index is 0.111. The fraction of sp³-hybridized carbons (Fsp3) is 0.500. The van der Waals surface area contributed by atoms with Crippen molar-refractivity contribution in [3.8, 4) is 0 Å². The first-order valence-corrected chi connectivity index (χ1v) is 8.30. The lowest BCUT2D eigenvalue weighted by Crippen LogP contribution is -2.33. The van der Waals surface area contributed by atoms with Gasteiger partial charge in [0.05, 0.1) is 10.8 Å². The number of carbonyl (C=O) groups is 1. The molecule has 7 heteroatoms. The largest absolute Gasteiger partial charge is 0.478 e. The highest BCUT2D eigenvalue weighted by Gasteiger charge is 2.28. The van der Waals surface area contributed by atoms with Crippen molar-refractivity contribution in [1.29, 1.82) is 0 Å². The molecule has 0 unspecified atom stereocenters. The average molecular weight is 313 g/mol. The predicted molar refractivity (Wildman–Crippen MR) is 79.3 cm³/mol. The molecule has 6 nitrogen and oxygen atoms in total. The molecule has 1 saturated heterocycles. The predicted octanol–water partition coefficient (Wildman–Crippen LogP) is 1.92. The Morgan fingerprint density at radius 2 is 1.90 bits per heavy atom. The zero-order valence-corrected chi connectivity index (χ0v) is 12.9. The third-order valence-electron chi connectivity index (χ3n) is 3.77. The summed E-state index contributed by atoms with van der Waals surface area (Å²) < 4.78 is 32.3. The molecule has 21 heavy (non-hydrogen) atoms. The molecule has 1 aliphatic rings. The fourth-order valence-corrected chi connectivity index (χ4v) is 3.80. The Hall–Kier alpha value is -1.60. The normalized spacial score (nSPS) is 16.7. The summed E-state index contributed by atoms with van der Waals surface area (Å²) in [4.78, 5) is 11.2. The number of hydrogen-bond acceptors (Lipinski definition) is 4. The first-order valence-electron chi connectivity index (χ1n) is 6.75. The number of hydrogen-bond donors (Lipinski definition) is 2. The molecule has 1 aliphatic heterocycles. The van der Waals surface area contributed by atoms with Crippen LogP contribution in [0.25, 0.3) is 0 Å². The third kappa shape index (κ3) is 3.54. The Morgan fingerprint density at radius 1 is 1.29 bits per heavy atom. The SMILES string of the molecule is Cc1cc(NS(=O)(=O)C2CCOCC2)cc(C(=O)O)c1C. The van der Waals surface area contributed by atoms with Gasteiger partial charge in [0.1, 0.15) is 0 Å². The van der Waals surface area contributed by atoms with Gasteiger partial charge in [0.15, 0.2) is 0 Å². The highest BCUT2D eigenvalue weighted by atomic mass is 32.2.